The van der Waals surface area contributed by atoms with Crippen LogP contribution in [0.15, 0.2) is 65.4 Å². The Bertz CT molecular complexity index is 1480. The first-order valence-electron chi connectivity index (χ1n) is 14.4. The highest BCUT2D eigenvalue weighted by molar-refractivity contribution is 5.93. The number of carboxylic acids is 1. The number of ether oxygens (including phenoxy) is 1. The first-order chi connectivity index (χ1) is 19.6. The van der Waals surface area contributed by atoms with E-state index in [1.54, 1.807) is 16.8 Å². The van der Waals surface area contributed by atoms with Crippen molar-refractivity contribution in [1.29, 1.82) is 0 Å². The molecule has 1 amide bonds. The van der Waals surface area contributed by atoms with Crippen LogP contribution < -0.4 is 5.32 Å². The van der Waals surface area contributed by atoms with Crippen molar-refractivity contribution >= 4 is 18.0 Å². The third-order valence-corrected chi connectivity index (χ3v) is 8.02. The lowest BCUT2D eigenvalue weighted by atomic mass is 9.85. The van der Waals surface area contributed by atoms with Gasteiger partial charge < -0.3 is 15.2 Å². The maximum absolute atomic E-state index is 12.9. The Hall–Kier alpha value is -4.13. The van der Waals surface area contributed by atoms with Crippen molar-refractivity contribution in [2.75, 3.05) is 6.61 Å². The van der Waals surface area contributed by atoms with Gasteiger partial charge in [0.2, 0.25) is 0 Å². The van der Waals surface area contributed by atoms with Gasteiger partial charge in [-0.2, -0.15) is 5.10 Å². The van der Waals surface area contributed by atoms with Crippen molar-refractivity contribution < 1.29 is 19.4 Å². The van der Waals surface area contributed by atoms with Gasteiger partial charge in [-0.1, -0.05) is 52.0 Å². The number of nitrogens with zero attached hydrogens (tertiary/aromatic N) is 2. The fraction of sp³-hybridized carbons (Fsp3) is 0.382. The Morgan fingerprint density at radius 2 is 1.83 bits per heavy atom. The van der Waals surface area contributed by atoms with Crippen LogP contribution in [0, 0.1) is 5.92 Å². The molecule has 0 bridgehead atoms. The summed E-state index contributed by atoms with van der Waals surface area (Å²) in [6.07, 6.45) is 5.16. The molecule has 41 heavy (non-hydrogen) atoms. The number of carbonyl (C=O) groups is 2. The Morgan fingerprint density at radius 3 is 2.49 bits per heavy atom. The lowest BCUT2D eigenvalue weighted by Crippen LogP contribution is -2.23. The van der Waals surface area contributed by atoms with Crippen LogP contribution in [0.4, 0.5) is 0 Å². The molecule has 7 heteroatoms. The summed E-state index contributed by atoms with van der Waals surface area (Å²) in [5, 5.41) is 16.5. The van der Waals surface area contributed by atoms with E-state index in [4.69, 9.17) is 9.84 Å². The van der Waals surface area contributed by atoms with Gasteiger partial charge in [-0.05, 0) is 96.2 Å². The number of hydrogen-bond donors (Lipinski definition) is 2. The number of aryl methyl sites for hydroxylation is 1. The van der Waals surface area contributed by atoms with E-state index < -0.39 is 5.97 Å². The van der Waals surface area contributed by atoms with Crippen LogP contribution in [0.1, 0.15) is 97.3 Å². The zero-order valence-electron chi connectivity index (χ0n) is 25.0. The van der Waals surface area contributed by atoms with Crippen LogP contribution in [0.2, 0.25) is 0 Å². The molecule has 0 saturated carbocycles. The second kappa shape index (κ2) is 13.0. The molecule has 1 aliphatic carbocycles. The van der Waals surface area contributed by atoms with E-state index in [-0.39, 0.29) is 18.0 Å². The smallest absolute Gasteiger partial charge is 0.335 e. The molecule has 0 fully saturated rings. The summed E-state index contributed by atoms with van der Waals surface area (Å²) in [5.74, 6) is 0.619. The fourth-order valence-corrected chi connectivity index (χ4v) is 5.25. The van der Waals surface area contributed by atoms with Crippen molar-refractivity contribution in [3.63, 3.8) is 0 Å². The zero-order chi connectivity index (χ0) is 29.7. The van der Waals surface area contributed by atoms with Crippen molar-refractivity contribution in [3.05, 3.63) is 93.4 Å². The Morgan fingerprint density at radius 1 is 1.10 bits per heavy atom. The van der Waals surface area contributed by atoms with Gasteiger partial charge in [-0.3, -0.25) is 9.48 Å². The molecule has 0 spiro atoms. The van der Waals surface area contributed by atoms with Crippen LogP contribution in [-0.4, -0.2) is 33.4 Å². The Kier molecular flexibility index (Phi) is 9.48. The highest BCUT2D eigenvalue weighted by atomic mass is 16.5. The van der Waals surface area contributed by atoms with E-state index in [0.717, 1.165) is 41.8 Å². The van der Waals surface area contributed by atoms with E-state index in [9.17, 15) is 9.59 Å². The molecule has 1 aliphatic rings. The third kappa shape index (κ3) is 6.79. The molecule has 0 radical (unpaired) electrons. The van der Waals surface area contributed by atoms with Gasteiger partial charge in [-0.25, -0.2) is 4.79 Å². The molecule has 0 saturated heterocycles. The van der Waals surface area contributed by atoms with Crippen LogP contribution in [-0.2, 0) is 18.3 Å². The standard InChI is InChI=1S/C34H41N3O4/c1-7-15-41-32(21(3)8-2)28-16-22(4)23(5)29-14-13-26(17-27(29)18-28)31-19-30(36-37(31)6)33(38)35-20-24-9-11-25(12-10-24)34(39)40/h9-14,17-19,22-23H,7-8,15-16,20H2,1-6H3,(H,35,38)(H,39,40). The summed E-state index contributed by atoms with van der Waals surface area (Å²) in [6, 6.07) is 14.8. The summed E-state index contributed by atoms with van der Waals surface area (Å²) in [5.41, 5.74) is 8.20. The average molecular weight is 556 g/mol. The Labute approximate surface area is 242 Å². The van der Waals surface area contributed by atoms with Crippen LogP contribution >= 0.6 is 0 Å². The number of nitrogens with one attached hydrogen (secondary N) is 1. The molecule has 7 nitrogen and oxygen atoms in total. The highest BCUT2D eigenvalue weighted by Gasteiger charge is 2.25. The molecule has 2 unspecified atom stereocenters. The minimum absolute atomic E-state index is 0.210. The summed E-state index contributed by atoms with van der Waals surface area (Å²) < 4.78 is 8.04. The van der Waals surface area contributed by atoms with Gasteiger partial charge in [0.25, 0.3) is 5.91 Å². The molecule has 1 heterocycles. The number of amides is 1. The molecule has 2 aromatic carbocycles. The molecule has 2 N–H and O–H groups in total. The normalized spacial score (nSPS) is 17.2. The summed E-state index contributed by atoms with van der Waals surface area (Å²) in [4.78, 5) is 24.0. The van der Waals surface area contributed by atoms with Crippen LogP contribution in [0.5, 0.6) is 0 Å². The Balaban J connectivity index is 1.62. The molecule has 2 atom stereocenters. The van der Waals surface area contributed by atoms with Gasteiger partial charge in [-0.15, -0.1) is 0 Å². The molecular weight excluding hydrogens is 514 g/mol. The van der Waals surface area contributed by atoms with Gasteiger partial charge in [0.05, 0.1) is 17.9 Å². The average Bonchev–Trinajstić information content (AvgIpc) is 3.31. The zero-order valence-corrected chi connectivity index (χ0v) is 25.0. The number of aromatic nitrogens is 2. The number of hydrogen-bond acceptors (Lipinski definition) is 4. The second-order valence-electron chi connectivity index (χ2n) is 11.0. The van der Waals surface area contributed by atoms with Crippen molar-refractivity contribution in [3.8, 4) is 11.3 Å². The minimum Gasteiger partial charge on any atom is -0.493 e. The van der Waals surface area contributed by atoms with E-state index in [1.807, 2.05) is 13.1 Å². The number of carboxylic acid groups (broad SMARTS) is 1. The summed E-state index contributed by atoms with van der Waals surface area (Å²) in [6.45, 7) is 12.1. The van der Waals surface area contributed by atoms with Crippen molar-refractivity contribution in [1.82, 2.24) is 15.1 Å². The molecular formula is C34H41N3O4. The summed E-state index contributed by atoms with van der Waals surface area (Å²) >= 11 is 0. The first-order valence-corrected chi connectivity index (χ1v) is 14.4. The molecule has 1 aromatic heterocycles. The number of rotatable bonds is 10. The highest BCUT2D eigenvalue weighted by Crippen LogP contribution is 2.40. The van der Waals surface area contributed by atoms with E-state index in [1.165, 1.54) is 34.4 Å². The lowest BCUT2D eigenvalue weighted by Gasteiger charge is -2.21. The van der Waals surface area contributed by atoms with Crippen molar-refractivity contribution in [2.45, 2.75) is 66.3 Å². The summed E-state index contributed by atoms with van der Waals surface area (Å²) in [7, 11) is 1.85. The number of benzene rings is 2. The van der Waals surface area contributed by atoms with E-state index in [0.29, 0.717) is 24.1 Å². The maximum atomic E-state index is 12.9. The molecule has 4 rings (SSSR count). The van der Waals surface area contributed by atoms with Gasteiger partial charge in [0.1, 0.15) is 5.76 Å². The second-order valence-corrected chi connectivity index (χ2v) is 11.0. The fourth-order valence-electron chi connectivity index (χ4n) is 5.25. The molecule has 3 aromatic rings. The minimum atomic E-state index is -0.979. The molecule has 0 aliphatic heterocycles. The first kappa shape index (κ1) is 29.8. The van der Waals surface area contributed by atoms with Crippen LogP contribution in [0.25, 0.3) is 17.3 Å². The van der Waals surface area contributed by atoms with Gasteiger partial charge >= 0.3 is 5.97 Å². The lowest BCUT2D eigenvalue weighted by molar-refractivity contribution is 0.0696. The monoisotopic (exact) mass is 555 g/mol. The molecule has 216 valence electrons. The SMILES string of the molecule is CCCOC(C1=Cc2cc(-c3cc(C(=O)NCc4ccc(C(=O)O)cc4)nn3C)ccc2C(C)C(C)C1)=C(C)CC. The van der Waals surface area contributed by atoms with E-state index >= 15 is 0 Å². The predicted octanol–water partition coefficient (Wildman–Crippen LogP) is 7.35. The van der Waals surface area contributed by atoms with Crippen LogP contribution in [0.3, 0.4) is 0 Å². The third-order valence-electron chi connectivity index (χ3n) is 8.02. The van der Waals surface area contributed by atoms with Gasteiger partial charge in [0, 0.05) is 19.2 Å². The number of carbonyl (C=O) groups excluding carboxylic acids is 1. The largest absolute Gasteiger partial charge is 0.493 e. The predicted molar refractivity (Wildman–Crippen MR) is 163 cm³/mol. The number of allylic oxidation sites excluding steroid dienone is 2. The van der Waals surface area contributed by atoms with Crippen molar-refractivity contribution in [2.24, 2.45) is 13.0 Å². The number of fused-ring (bicyclic) bond motifs is 1. The quantitative estimate of drug-likeness (QED) is 0.255. The number of aromatic carboxylic acids is 1. The topological polar surface area (TPSA) is 93.4 Å². The maximum Gasteiger partial charge on any atom is 0.335 e. The van der Waals surface area contributed by atoms with E-state index in [2.05, 4.69) is 69.3 Å². The van der Waals surface area contributed by atoms with Gasteiger partial charge in [0.15, 0.2) is 5.69 Å².